The van der Waals surface area contributed by atoms with Crippen molar-refractivity contribution in [1.82, 2.24) is 0 Å². The Morgan fingerprint density at radius 3 is 2.30 bits per heavy atom. The van der Waals surface area contributed by atoms with Crippen LogP contribution in [0.2, 0.25) is 0 Å². The lowest BCUT2D eigenvalue weighted by Crippen LogP contribution is -2.10. The number of hydrogen-bond donors (Lipinski definition) is 1. The molecule has 1 N–H and O–H groups in total. The van der Waals surface area contributed by atoms with E-state index in [1.54, 1.807) is 0 Å². The molecular weight excluding hydrogens is 248 g/mol. The highest BCUT2D eigenvalue weighted by molar-refractivity contribution is 5.31. The number of aryl methyl sites for hydroxylation is 3. The maximum Gasteiger partial charge on any atom is 0.119 e. The molecule has 2 aromatic rings. The first-order chi connectivity index (χ1) is 9.60. The van der Waals surface area contributed by atoms with Crippen LogP contribution in [-0.2, 0) is 6.42 Å². The van der Waals surface area contributed by atoms with Gasteiger partial charge in [0.1, 0.15) is 18.5 Å². The van der Waals surface area contributed by atoms with E-state index in [0.717, 1.165) is 17.7 Å². The highest BCUT2D eigenvalue weighted by Crippen LogP contribution is 2.19. The molecule has 0 aliphatic rings. The molecule has 0 aliphatic carbocycles. The molecule has 0 bridgehead atoms. The molecule has 1 unspecified atom stereocenters. The molecule has 0 saturated heterocycles. The monoisotopic (exact) mass is 270 g/mol. The maximum absolute atomic E-state index is 10.2. The zero-order valence-corrected chi connectivity index (χ0v) is 12.4. The van der Waals surface area contributed by atoms with Crippen molar-refractivity contribution in [2.45, 2.75) is 33.3 Å². The molecule has 0 spiro atoms. The lowest BCUT2D eigenvalue weighted by Gasteiger charge is -2.14. The highest BCUT2D eigenvalue weighted by Gasteiger charge is 2.09. The summed E-state index contributed by atoms with van der Waals surface area (Å²) in [5, 5.41) is 10.2. The van der Waals surface area contributed by atoms with Gasteiger partial charge < -0.3 is 9.84 Å². The molecule has 20 heavy (non-hydrogen) atoms. The SMILES string of the molecule is CCc1ccc(OCC(O)c2ccc(C)c(C)c2)cc1. The quantitative estimate of drug-likeness (QED) is 0.890. The van der Waals surface area contributed by atoms with Crippen LogP contribution in [0.25, 0.3) is 0 Å². The number of hydrogen-bond acceptors (Lipinski definition) is 2. The number of rotatable bonds is 5. The summed E-state index contributed by atoms with van der Waals surface area (Å²) in [5.74, 6) is 0.796. The predicted molar refractivity (Wildman–Crippen MR) is 82.2 cm³/mol. The predicted octanol–water partition coefficient (Wildman–Crippen LogP) is 3.98. The minimum atomic E-state index is -0.597. The van der Waals surface area contributed by atoms with Crippen LogP contribution in [0.4, 0.5) is 0 Å². The van der Waals surface area contributed by atoms with Crippen molar-refractivity contribution in [2.75, 3.05) is 6.61 Å². The van der Waals surface area contributed by atoms with E-state index in [2.05, 4.69) is 32.9 Å². The second-order valence-electron chi connectivity index (χ2n) is 5.17. The molecule has 0 amide bonds. The summed E-state index contributed by atoms with van der Waals surface area (Å²) < 4.78 is 5.64. The van der Waals surface area contributed by atoms with Gasteiger partial charge in [0.25, 0.3) is 0 Å². The van der Waals surface area contributed by atoms with Crippen LogP contribution in [0.3, 0.4) is 0 Å². The third-order valence-corrected chi connectivity index (χ3v) is 3.66. The Morgan fingerprint density at radius 1 is 1.00 bits per heavy atom. The van der Waals surface area contributed by atoms with E-state index in [-0.39, 0.29) is 6.61 Å². The standard InChI is InChI=1S/C18H22O2/c1-4-15-6-9-17(10-7-15)20-12-18(19)16-8-5-13(2)14(3)11-16/h5-11,18-19H,4,12H2,1-3H3. The van der Waals surface area contributed by atoms with Crippen LogP contribution in [0.1, 0.15) is 35.3 Å². The van der Waals surface area contributed by atoms with Crippen molar-refractivity contribution in [1.29, 1.82) is 0 Å². The Hall–Kier alpha value is -1.80. The minimum Gasteiger partial charge on any atom is -0.491 e. The number of aliphatic hydroxyl groups excluding tert-OH is 1. The number of benzene rings is 2. The maximum atomic E-state index is 10.2. The lowest BCUT2D eigenvalue weighted by atomic mass is 10.0. The van der Waals surface area contributed by atoms with E-state index in [1.807, 2.05) is 30.3 Å². The molecule has 0 saturated carbocycles. The summed E-state index contributed by atoms with van der Waals surface area (Å²) in [7, 11) is 0. The van der Waals surface area contributed by atoms with Gasteiger partial charge in [-0.3, -0.25) is 0 Å². The average molecular weight is 270 g/mol. The second kappa shape index (κ2) is 6.58. The molecule has 2 rings (SSSR count). The van der Waals surface area contributed by atoms with E-state index in [4.69, 9.17) is 4.74 Å². The van der Waals surface area contributed by atoms with E-state index in [1.165, 1.54) is 16.7 Å². The van der Waals surface area contributed by atoms with Gasteiger partial charge in [-0.25, -0.2) is 0 Å². The third kappa shape index (κ3) is 3.61. The molecule has 2 nitrogen and oxygen atoms in total. The highest BCUT2D eigenvalue weighted by atomic mass is 16.5. The van der Waals surface area contributed by atoms with Crippen molar-refractivity contribution in [3.63, 3.8) is 0 Å². The largest absolute Gasteiger partial charge is 0.491 e. The van der Waals surface area contributed by atoms with Gasteiger partial charge in [0.15, 0.2) is 0 Å². The summed E-state index contributed by atoms with van der Waals surface area (Å²) >= 11 is 0. The van der Waals surface area contributed by atoms with Gasteiger partial charge in [0, 0.05) is 0 Å². The summed E-state index contributed by atoms with van der Waals surface area (Å²) in [6.45, 7) is 6.51. The van der Waals surface area contributed by atoms with Crippen LogP contribution < -0.4 is 4.74 Å². The summed E-state index contributed by atoms with van der Waals surface area (Å²) in [5.41, 5.74) is 4.61. The first kappa shape index (κ1) is 14.6. The van der Waals surface area contributed by atoms with Crippen molar-refractivity contribution in [3.05, 3.63) is 64.7 Å². The van der Waals surface area contributed by atoms with E-state index in [9.17, 15) is 5.11 Å². The summed E-state index contributed by atoms with van der Waals surface area (Å²) in [6.07, 6.45) is 0.422. The van der Waals surface area contributed by atoms with Crippen LogP contribution in [-0.4, -0.2) is 11.7 Å². The van der Waals surface area contributed by atoms with Crippen molar-refractivity contribution < 1.29 is 9.84 Å². The second-order valence-corrected chi connectivity index (χ2v) is 5.17. The first-order valence-electron chi connectivity index (χ1n) is 7.07. The van der Waals surface area contributed by atoms with Crippen LogP contribution in [0.15, 0.2) is 42.5 Å². The Labute approximate surface area is 121 Å². The Balaban J connectivity index is 1.96. The number of aliphatic hydroxyl groups is 1. The fourth-order valence-corrected chi connectivity index (χ4v) is 2.06. The first-order valence-corrected chi connectivity index (χ1v) is 7.07. The third-order valence-electron chi connectivity index (χ3n) is 3.66. The number of ether oxygens (including phenoxy) is 1. The van der Waals surface area contributed by atoms with Crippen molar-refractivity contribution >= 4 is 0 Å². The van der Waals surface area contributed by atoms with Crippen LogP contribution in [0.5, 0.6) is 5.75 Å². The molecule has 0 radical (unpaired) electrons. The minimum absolute atomic E-state index is 0.272. The smallest absolute Gasteiger partial charge is 0.119 e. The van der Waals surface area contributed by atoms with E-state index < -0.39 is 6.10 Å². The van der Waals surface area contributed by atoms with Gasteiger partial charge in [0.05, 0.1) is 0 Å². The summed E-state index contributed by atoms with van der Waals surface area (Å²) in [4.78, 5) is 0. The molecular formula is C18H22O2. The van der Waals surface area contributed by atoms with Gasteiger partial charge in [-0.05, 0) is 54.7 Å². The zero-order valence-electron chi connectivity index (χ0n) is 12.4. The van der Waals surface area contributed by atoms with Gasteiger partial charge in [-0.15, -0.1) is 0 Å². The topological polar surface area (TPSA) is 29.5 Å². The molecule has 1 atom stereocenters. The molecule has 0 aliphatic heterocycles. The molecule has 0 fully saturated rings. The molecule has 0 aromatic heterocycles. The Bertz CT molecular complexity index is 558. The Morgan fingerprint density at radius 2 is 1.70 bits per heavy atom. The van der Waals surface area contributed by atoms with E-state index in [0.29, 0.717) is 0 Å². The van der Waals surface area contributed by atoms with Gasteiger partial charge >= 0.3 is 0 Å². The molecule has 0 heterocycles. The van der Waals surface area contributed by atoms with Gasteiger partial charge in [-0.2, -0.15) is 0 Å². The molecule has 2 heteroatoms. The van der Waals surface area contributed by atoms with Gasteiger partial charge in [0.2, 0.25) is 0 Å². The fraction of sp³-hybridized carbons (Fsp3) is 0.333. The lowest BCUT2D eigenvalue weighted by molar-refractivity contribution is 0.108. The summed E-state index contributed by atoms with van der Waals surface area (Å²) in [6, 6.07) is 14.0. The van der Waals surface area contributed by atoms with Crippen LogP contribution >= 0.6 is 0 Å². The van der Waals surface area contributed by atoms with Gasteiger partial charge in [-0.1, -0.05) is 37.3 Å². The van der Waals surface area contributed by atoms with E-state index >= 15 is 0 Å². The fourth-order valence-electron chi connectivity index (χ4n) is 2.06. The molecule has 106 valence electrons. The molecule has 2 aromatic carbocycles. The van der Waals surface area contributed by atoms with Crippen molar-refractivity contribution in [2.24, 2.45) is 0 Å². The average Bonchev–Trinajstić information content (AvgIpc) is 2.48. The zero-order chi connectivity index (χ0) is 14.5. The van der Waals surface area contributed by atoms with Crippen LogP contribution in [0, 0.1) is 13.8 Å². The Kier molecular flexibility index (Phi) is 4.80. The normalized spacial score (nSPS) is 12.2. The van der Waals surface area contributed by atoms with Crippen molar-refractivity contribution in [3.8, 4) is 5.75 Å².